The van der Waals surface area contributed by atoms with Crippen LogP contribution in [0.25, 0.3) is 0 Å². The van der Waals surface area contributed by atoms with Crippen molar-refractivity contribution >= 4 is 17.7 Å². The van der Waals surface area contributed by atoms with Gasteiger partial charge in [0.1, 0.15) is 5.75 Å². The molecule has 28 heavy (non-hydrogen) atoms. The van der Waals surface area contributed by atoms with Crippen molar-refractivity contribution in [1.82, 2.24) is 10.2 Å². The van der Waals surface area contributed by atoms with Gasteiger partial charge in [-0.15, -0.1) is 11.8 Å². The van der Waals surface area contributed by atoms with Gasteiger partial charge in [0.15, 0.2) is 0 Å². The van der Waals surface area contributed by atoms with Crippen LogP contribution in [-0.4, -0.2) is 43.3 Å². The smallest absolute Gasteiger partial charge is 0.230 e. The molecule has 4 nitrogen and oxygen atoms in total. The predicted molar refractivity (Wildman–Crippen MR) is 116 cm³/mol. The third-order valence-electron chi connectivity index (χ3n) is 5.31. The summed E-state index contributed by atoms with van der Waals surface area (Å²) in [6, 6.07) is 16.5. The summed E-state index contributed by atoms with van der Waals surface area (Å²) in [4.78, 5) is 15.9. The van der Waals surface area contributed by atoms with Gasteiger partial charge in [-0.25, -0.2) is 0 Å². The van der Waals surface area contributed by atoms with Gasteiger partial charge in [0.25, 0.3) is 0 Å². The molecule has 5 heteroatoms. The monoisotopic (exact) mass is 398 g/mol. The third-order valence-corrected chi connectivity index (χ3v) is 6.49. The molecule has 0 radical (unpaired) electrons. The minimum atomic E-state index is 0.133. The zero-order chi connectivity index (χ0) is 19.8. The number of rotatable bonds is 8. The fourth-order valence-electron chi connectivity index (χ4n) is 3.51. The lowest BCUT2D eigenvalue weighted by atomic mass is 9.96. The number of thioether (sulfide) groups is 1. The van der Waals surface area contributed by atoms with Crippen molar-refractivity contribution in [3.05, 3.63) is 59.7 Å². The van der Waals surface area contributed by atoms with Crippen LogP contribution < -0.4 is 10.1 Å². The van der Waals surface area contributed by atoms with Gasteiger partial charge in [-0.1, -0.05) is 30.3 Å². The highest BCUT2D eigenvalue weighted by Gasteiger charge is 2.19. The molecular weight excluding hydrogens is 368 g/mol. The Morgan fingerprint density at radius 3 is 2.54 bits per heavy atom. The van der Waals surface area contributed by atoms with Crippen molar-refractivity contribution in [1.29, 1.82) is 0 Å². The van der Waals surface area contributed by atoms with Crippen molar-refractivity contribution in [3.63, 3.8) is 0 Å². The maximum Gasteiger partial charge on any atom is 0.230 e. The van der Waals surface area contributed by atoms with Gasteiger partial charge in [0.05, 0.1) is 12.9 Å². The highest BCUT2D eigenvalue weighted by molar-refractivity contribution is 8.00. The van der Waals surface area contributed by atoms with E-state index in [1.807, 2.05) is 24.3 Å². The first kappa shape index (κ1) is 20.7. The van der Waals surface area contributed by atoms with E-state index in [2.05, 4.69) is 41.4 Å². The Balaban J connectivity index is 1.33. The van der Waals surface area contributed by atoms with Crippen molar-refractivity contribution in [2.75, 3.05) is 32.5 Å². The molecule has 1 N–H and O–H groups in total. The summed E-state index contributed by atoms with van der Waals surface area (Å²) in [6.45, 7) is 6.04. The number of aryl methyl sites for hydroxylation is 1. The van der Waals surface area contributed by atoms with Gasteiger partial charge in [-0.2, -0.15) is 0 Å². The molecule has 2 aromatic rings. The van der Waals surface area contributed by atoms with Crippen molar-refractivity contribution in [2.45, 2.75) is 31.2 Å². The quantitative estimate of drug-likeness (QED) is 0.679. The highest BCUT2D eigenvalue weighted by atomic mass is 32.2. The number of likely N-dealkylation sites (tertiary alicyclic amines) is 1. The number of ether oxygens (including phenoxy) is 1. The summed E-state index contributed by atoms with van der Waals surface area (Å²) >= 11 is 1.62. The molecule has 1 aliphatic rings. The van der Waals surface area contributed by atoms with Crippen LogP contribution >= 0.6 is 11.8 Å². The Morgan fingerprint density at radius 1 is 1.14 bits per heavy atom. The maximum atomic E-state index is 12.2. The summed E-state index contributed by atoms with van der Waals surface area (Å²) in [5, 5.41) is 3.13. The molecule has 0 atom stereocenters. The summed E-state index contributed by atoms with van der Waals surface area (Å²) in [7, 11) is 1.69. The first-order chi connectivity index (χ1) is 13.6. The second-order valence-electron chi connectivity index (χ2n) is 7.43. The van der Waals surface area contributed by atoms with E-state index >= 15 is 0 Å². The molecule has 0 aliphatic carbocycles. The lowest BCUT2D eigenvalue weighted by molar-refractivity contribution is -0.118. The fourth-order valence-corrected chi connectivity index (χ4v) is 4.37. The van der Waals surface area contributed by atoms with Gasteiger partial charge in [0, 0.05) is 18.0 Å². The Kier molecular flexibility index (Phi) is 7.80. The van der Waals surface area contributed by atoms with E-state index in [4.69, 9.17) is 4.74 Å². The van der Waals surface area contributed by atoms with Crippen LogP contribution in [0.3, 0.4) is 0 Å². The van der Waals surface area contributed by atoms with Crippen molar-refractivity contribution in [2.24, 2.45) is 5.92 Å². The van der Waals surface area contributed by atoms with Crippen molar-refractivity contribution in [3.8, 4) is 5.75 Å². The number of hydrogen-bond acceptors (Lipinski definition) is 4. The molecule has 0 saturated carbocycles. The van der Waals surface area contributed by atoms with Gasteiger partial charge >= 0.3 is 0 Å². The first-order valence-corrected chi connectivity index (χ1v) is 10.9. The molecule has 150 valence electrons. The third kappa shape index (κ3) is 6.28. The van der Waals surface area contributed by atoms with Crippen LogP contribution in [0.4, 0.5) is 0 Å². The van der Waals surface area contributed by atoms with E-state index in [-0.39, 0.29) is 5.91 Å². The van der Waals surface area contributed by atoms with E-state index in [0.29, 0.717) is 11.7 Å². The Bertz CT molecular complexity index is 755. The van der Waals surface area contributed by atoms with Gasteiger partial charge in [-0.05, 0) is 68.1 Å². The number of nitrogens with one attached hydrogen (secondary N) is 1. The highest BCUT2D eigenvalue weighted by Crippen LogP contribution is 2.22. The largest absolute Gasteiger partial charge is 0.497 e. The molecule has 1 amide bonds. The minimum Gasteiger partial charge on any atom is -0.497 e. The summed E-state index contributed by atoms with van der Waals surface area (Å²) < 4.78 is 5.22. The summed E-state index contributed by atoms with van der Waals surface area (Å²) in [5.41, 5.74) is 2.55. The van der Waals surface area contributed by atoms with Gasteiger partial charge in [0.2, 0.25) is 5.91 Å². The normalized spacial score (nSPS) is 15.4. The lowest BCUT2D eigenvalue weighted by Crippen LogP contribution is -2.38. The molecule has 3 rings (SSSR count). The van der Waals surface area contributed by atoms with Gasteiger partial charge in [-0.3, -0.25) is 9.69 Å². The topological polar surface area (TPSA) is 41.6 Å². The van der Waals surface area contributed by atoms with E-state index in [1.165, 1.54) is 16.0 Å². The Labute approximate surface area is 172 Å². The maximum absolute atomic E-state index is 12.2. The number of methoxy groups -OCH3 is 1. The van der Waals surface area contributed by atoms with Crippen LogP contribution in [0.15, 0.2) is 53.4 Å². The summed E-state index contributed by atoms with van der Waals surface area (Å²) in [6.07, 6.45) is 2.28. The van der Waals surface area contributed by atoms with Gasteiger partial charge < -0.3 is 10.1 Å². The number of carbonyl (C=O) groups excluding carboxylic acids is 1. The average molecular weight is 399 g/mol. The predicted octanol–water partition coefficient (Wildman–Crippen LogP) is 4.12. The van der Waals surface area contributed by atoms with E-state index in [0.717, 1.165) is 44.8 Å². The van der Waals surface area contributed by atoms with E-state index in [1.54, 1.807) is 18.9 Å². The number of benzene rings is 2. The molecule has 0 aromatic heterocycles. The second kappa shape index (κ2) is 10.5. The molecule has 2 aromatic carbocycles. The number of nitrogens with zero attached hydrogens (tertiary/aromatic N) is 1. The molecule has 0 spiro atoms. The lowest BCUT2D eigenvalue weighted by Gasteiger charge is -2.32. The molecule has 0 unspecified atom stereocenters. The van der Waals surface area contributed by atoms with Crippen molar-refractivity contribution < 1.29 is 9.53 Å². The second-order valence-corrected chi connectivity index (χ2v) is 8.44. The number of amides is 1. The number of carbonyl (C=O) groups is 1. The SMILES string of the molecule is COc1ccc(CN2CCC(CNC(=O)CSc3ccccc3C)CC2)cc1. The average Bonchev–Trinajstić information content (AvgIpc) is 2.73. The van der Waals surface area contributed by atoms with Crippen LogP contribution in [0.5, 0.6) is 5.75 Å². The zero-order valence-electron chi connectivity index (χ0n) is 16.8. The molecule has 1 aliphatic heterocycles. The number of piperidine rings is 1. The summed E-state index contributed by atoms with van der Waals surface area (Å²) in [5.74, 6) is 2.11. The fraction of sp³-hybridized carbons (Fsp3) is 0.435. The first-order valence-electron chi connectivity index (χ1n) is 9.94. The number of hydrogen-bond donors (Lipinski definition) is 1. The molecule has 0 bridgehead atoms. The molecule has 1 fully saturated rings. The van der Waals surface area contributed by atoms with Crippen LogP contribution in [0.1, 0.15) is 24.0 Å². The molecular formula is C23H30N2O2S. The standard InChI is InChI=1S/C23H30N2O2S/c1-18-5-3-4-6-22(18)28-17-23(26)24-15-19-11-13-25(14-12-19)16-20-7-9-21(27-2)10-8-20/h3-10,19H,11-17H2,1-2H3,(H,24,26). The van der Waals surface area contributed by atoms with Crippen LogP contribution in [0, 0.1) is 12.8 Å². The zero-order valence-corrected chi connectivity index (χ0v) is 17.6. The van der Waals surface area contributed by atoms with E-state index < -0.39 is 0 Å². The molecule has 1 heterocycles. The van der Waals surface area contributed by atoms with Crippen LogP contribution in [-0.2, 0) is 11.3 Å². The Hall–Kier alpha value is -1.98. The Morgan fingerprint density at radius 2 is 1.86 bits per heavy atom. The minimum absolute atomic E-state index is 0.133. The van der Waals surface area contributed by atoms with Crippen LogP contribution in [0.2, 0.25) is 0 Å². The molecule has 1 saturated heterocycles. The van der Waals surface area contributed by atoms with E-state index in [9.17, 15) is 4.79 Å².